The van der Waals surface area contributed by atoms with E-state index in [1.54, 1.807) is 0 Å². The lowest BCUT2D eigenvalue weighted by molar-refractivity contribution is 0.309. The van der Waals surface area contributed by atoms with Gasteiger partial charge in [0, 0.05) is 31.2 Å². The molecule has 19 heavy (non-hydrogen) atoms. The minimum absolute atomic E-state index is 0.679. The Kier molecular flexibility index (Phi) is 3.76. The Labute approximate surface area is 114 Å². The predicted octanol–water partition coefficient (Wildman–Crippen LogP) is 1.93. The van der Waals surface area contributed by atoms with Gasteiger partial charge in [-0.25, -0.2) is 0 Å². The lowest BCUT2D eigenvalue weighted by Crippen LogP contribution is -2.27. The second-order valence-electron chi connectivity index (χ2n) is 5.52. The van der Waals surface area contributed by atoms with Crippen LogP contribution in [0, 0.1) is 5.92 Å². The van der Waals surface area contributed by atoms with Gasteiger partial charge in [0.2, 0.25) is 0 Å². The molecule has 1 aromatic carbocycles. The second kappa shape index (κ2) is 5.68. The molecule has 1 fully saturated rings. The van der Waals surface area contributed by atoms with E-state index in [2.05, 4.69) is 46.5 Å². The van der Waals surface area contributed by atoms with Crippen LogP contribution in [0.5, 0.6) is 0 Å². The number of hydrogen-bond donors (Lipinski definition) is 1. The number of hydrogen-bond acceptors (Lipinski definition) is 3. The van der Waals surface area contributed by atoms with Crippen LogP contribution in [0.1, 0.15) is 5.56 Å². The SMILES string of the molecule is CN1CCNC[C@@H](Cc2cccc3ncccc23)C1. The highest BCUT2D eigenvalue weighted by Crippen LogP contribution is 2.20. The fourth-order valence-corrected chi connectivity index (χ4v) is 2.97. The molecule has 3 nitrogen and oxygen atoms in total. The Hall–Kier alpha value is -1.45. The largest absolute Gasteiger partial charge is 0.315 e. The molecule has 1 aromatic heterocycles. The molecule has 2 heterocycles. The summed E-state index contributed by atoms with van der Waals surface area (Å²) in [7, 11) is 2.21. The fraction of sp³-hybridized carbons (Fsp3) is 0.438. The number of nitrogens with zero attached hydrogens (tertiary/aromatic N) is 2. The van der Waals surface area contributed by atoms with Crippen molar-refractivity contribution >= 4 is 10.9 Å². The summed E-state index contributed by atoms with van der Waals surface area (Å²) in [6, 6.07) is 10.7. The molecule has 3 heteroatoms. The zero-order valence-corrected chi connectivity index (χ0v) is 11.5. The number of fused-ring (bicyclic) bond motifs is 1. The molecule has 0 aliphatic carbocycles. The van der Waals surface area contributed by atoms with Gasteiger partial charge in [-0.3, -0.25) is 4.98 Å². The van der Waals surface area contributed by atoms with Gasteiger partial charge >= 0.3 is 0 Å². The highest BCUT2D eigenvalue weighted by atomic mass is 15.1. The Morgan fingerprint density at radius 2 is 2.26 bits per heavy atom. The molecule has 0 saturated carbocycles. The molecule has 3 rings (SSSR count). The number of likely N-dealkylation sites (N-methyl/N-ethyl adjacent to an activating group) is 1. The third-order valence-corrected chi connectivity index (χ3v) is 3.92. The molecule has 1 N–H and O–H groups in total. The van der Waals surface area contributed by atoms with E-state index in [4.69, 9.17) is 0 Å². The highest BCUT2D eigenvalue weighted by Gasteiger charge is 2.16. The Morgan fingerprint density at radius 1 is 1.32 bits per heavy atom. The molecule has 100 valence electrons. The lowest BCUT2D eigenvalue weighted by Gasteiger charge is -2.20. The quantitative estimate of drug-likeness (QED) is 0.889. The van der Waals surface area contributed by atoms with Crippen LogP contribution in [-0.2, 0) is 6.42 Å². The fourth-order valence-electron chi connectivity index (χ4n) is 2.97. The molecule has 0 radical (unpaired) electrons. The molecule has 1 saturated heterocycles. The number of aromatic nitrogens is 1. The van der Waals surface area contributed by atoms with E-state index >= 15 is 0 Å². The van der Waals surface area contributed by atoms with Crippen molar-refractivity contribution in [3.8, 4) is 0 Å². The summed E-state index contributed by atoms with van der Waals surface area (Å²) in [5.74, 6) is 0.679. The van der Waals surface area contributed by atoms with Crippen molar-refractivity contribution in [3.63, 3.8) is 0 Å². The Balaban J connectivity index is 1.84. The van der Waals surface area contributed by atoms with Crippen LogP contribution in [0.3, 0.4) is 0 Å². The number of rotatable bonds is 2. The van der Waals surface area contributed by atoms with Crippen LogP contribution in [0.4, 0.5) is 0 Å². The van der Waals surface area contributed by atoms with Crippen LogP contribution in [-0.4, -0.2) is 43.1 Å². The first-order valence-corrected chi connectivity index (χ1v) is 7.05. The van der Waals surface area contributed by atoms with Crippen molar-refractivity contribution in [2.24, 2.45) is 5.92 Å². The molecule has 0 amide bonds. The summed E-state index contributed by atoms with van der Waals surface area (Å²) >= 11 is 0. The van der Waals surface area contributed by atoms with Gasteiger partial charge in [0.25, 0.3) is 0 Å². The minimum atomic E-state index is 0.679. The van der Waals surface area contributed by atoms with Gasteiger partial charge in [-0.15, -0.1) is 0 Å². The van der Waals surface area contributed by atoms with E-state index < -0.39 is 0 Å². The van der Waals surface area contributed by atoms with Crippen molar-refractivity contribution in [1.82, 2.24) is 15.2 Å². The predicted molar refractivity (Wildman–Crippen MR) is 79.3 cm³/mol. The van der Waals surface area contributed by atoms with Gasteiger partial charge in [0.15, 0.2) is 0 Å². The molecular weight excluding hydrogens is 234 g/mol. The minimum Gasteiger partial charge on any atom is -0.315 e. The topological polar surface area (TPSA) is 28.2 Å². The molecule has 0 unspecified atom stereocenters. The van der Waals surface area contributed by atoms with E-state index in [0.29, 0.717) is 5.92 Å². The highest BCUT2D eigenvalue weighted by molar-refractivity contribution is 5.81. The van der Waals surface area contributed by atoms with Gasteiger partial charge in [-0.1, -0.05) is 18.2 Å². The molecule has 1 aliphatic heterocycles. The van der Waals surface area contributed by atoms with Crippen LogP contribution < -0.4 is 5.32 Å². The zero-order chi connectivity index (χ0) is 13.1. The number of nitrogens with one attached hydrogen (secondary N) is 1. The standard InChI is InChI=1S/C16H21N3/c1-19-9-8-17-11-13(12-19)10-14-4-2-6-16-15(14)5-3-7-18-16/h2-7,13,17H,8-12H2,1H3/t13-/m1/s1. The maximum Gasteiger partial charge on any atom is 0.0704 e. The summed E-state index contributed by atoms with van der Waals surface area (Å²) in [4.78, 5) is 6.87. The normalized spacial score (nSPS) is 21.4. The smallest absolute Gasteiger partial charge is 0.0704 e. The van der Waals surface area contributed by atoms with Crippen LogP contribution >= 0.6 is 0 Å². The summed E-state index contributed by atoms with van der Waals surface area (Å²) in [6.07, 6.45) is 2.99. The van der Waals surface area contributed by atoms with Crippen molar-refractivity contribution in [2.45, 2.75) is 6.42 Å². The van der Waals surface area contributed by atoms with Gasteiger partial charge in [-0.05, 0) is 43.6 Å². The number of pyridine rings is 1. The molecule has 1 aliphatic rings. The van der Waals surface area contributed by atoms with Gasteiger partial charge in [0.05, 0.1) is 5.52 Å². The van der Waals surface area contributed by atoms with Gasteiger partial charge in [-0.2, -0.15) is 0 Å². The van der Waals surface area contributed by atoms with Crippen molar-refractivity contribution < 1.29 is 0 Å². The van der Waals surface area contributed by atoms with E-state index in [1.165, 1.54) is 17.5 Å². The average Bonchev–Trinajstić information content (AvgIpc) is 2.63. The molecule has 2 aromatic rings. The Bertz CT molecular complexity index is 547. The average molecular weight is 255 g/mol. The van der Waals surface area contributed by atoms with E-state index in [0.717, 1.165) is 31.6 Å². The first kappa shape index (κ1) is 12.6. The summed E-state index contributed by atoms with van der Waals surface area (Å²) in [5, 5.41) is 4.84. The molecule has 0 spiro atoms. The van der Waals surface area contributed by atoms with Crippen molar-refractivity contribution in [2.75, 3.05) is 33.2 Å². The maximum absolute atomic E-state index is 4.44. The monoisotopic (exact) mass is 255 g/mol. The van der Waals surface area contributed by atoms with Gasteiger partial charge in [0.1, 0.15) is 0 Å². The third kappa shape index (κ3) is 2.94. The second-order valence-corrected chi connectivity index (χ2v) is 5.52. The third-order valence-electron chi connectivity index (χ3n) is 3.92. The zero-order valence-electron chi connectivity index (χ0n) is 11.5. The van der Waals surface area contributed by atoms with E-state index in [9.17, 15) is 0 Å². The van der Waals surface area contributed by atoms with Crippen LogP contribution in [0.25, 0.3) is 10.9 Å². The van der Waals surface area contributed by atoms with Crippen LogP contribution in [0.2, 0.25) is 0 Å². The van der Waals surface area contributed by atoms with Crippen LogP contribution in [0.15, 0.2) is 36.5 Å². The lowest BCUT2D eigenvalue weighted by atomic mass is 9.96. The Morgan fingerprint density at radius 3 is 3.21 bits per heavy atom. The molecular formula is C16H21N3. The van der Waals surface area contributed by atoms with Crippen molar-refractivity contribution in [3.05, 3.63) is 42.1 Å². The molecule has 0 bridgehead atoms. The van der Waals surface area contributed by atoms with E-state index in [1.807, 2.05) is 12.3 Å². The number of benzene rings is 1. The van der Waals surface area contributed by atoms with Crippen molar-refractivity contribution in [1.29, 1.82) is 0 Å². The van der Waals surface area contributed by atoms with E-state index in [-0.39, 0.29) is 0 Å². The van der Waals surface area contributed by atoms with Gasteiger partial charge < -0.3 is 10.2 Å². The summed E-state index contributed by atoms with van der Waals surface area (Å²) in [6.45, 7) is 4.53. The summed E-state index contributed by atoms with van der Waals surface area (Å²) in [5.41, 5.74) is 2.53. The first-order valence-electron chi connectivity index (χ1n) is 7.05. The maximum atomic E-state index is 4.44. The summed E-state index contributed by atoms with van der Waals surface area (Å²) < 4.78 is 0. The first-order chi connectivity index (χ1) is 9.33. The molecule has 1 atom stereocenters.